The van der Waals surface area contributed by atoms with Crippen LogP contribution in [0.25, 0.3) is 17.0 Å². The van der Waals surface area contributed by atoms with Crippen LogP contribution in [0.2, 0.25) is 0 Å². The van der Waals surface area contributed by atoms with Crippen LogP contribution in [0.4, 0.5) is 11.4 Å². The fraction of sp³-hybridized carbons (Fsp3) is 0.200. The fourth-order valence-electron chi connectivity index (χ4n) is 5.30. The number of carbonyl (C=O) groups excluding carboxylic acids is 1. The van der Waals surface area contributed by atoms with Gasteiger partial charge in [-0.25, -0.2) is 14.8 Å². The van der Waals surface area contributed by atoms with Crippen molar-refractivity contribution in [3.05, 3.63) is 99.6 Å². The summed E-state index contributed by atoms with van der Waals surface area (Å²) in [4.78, 5) is 34.0. The van der Waals surface area contributed by atoms with Crippen LogP contribution >= 0.6 is 11.3 Å². The average Bonchev–Trinajstić information content (AvgIpc) is 3.58. The molecule has 202 valence electrons. The third-order valence-corrected chi connectivity index (χ3v) is 8.51. The predicted octanol–water partition coefficient (Wildman–Crippen LogP) is 5.40. The maximum Gasteiger partial charge on any atom is 0.335 e. The quantitative estimate of drug-likeness (QED) is 0.240. The highest BCUT2D eigenvalue weighted by molar-refractivity contribution is 7.10. The van der Waals surface area contributed by atoms with E-state index in [1.54, 1.807) is 41.8 Å². The number of ether oxygens (including phenoxy) is 1. The van der Waals surface area contributed by atoms with E-state index in [9.17, 15) is 14.7 Å². The van der Waals surface area contributed by atoms with Gasteiger partial charge in [-0.05, 0) is 61.7 Å². The van der Waals surface area contributed by atoms with E-state index in [0.29, 0.717) is 35.8 Å². The number of amides is 1. The average molecular weight is 554 g/mol. The molecule has 2 aromatic carbocycles. The number of carboxylic acid groups (broad SMARTS) is 1. The first kappa shape index (κ1) is 25.7. The third-order valence-electron chi connectivity index (χ3n) is 7.46. The van der Waals surface area contributed by atoms with E-state index in [1.807, 2.05) is 53.1 Å². The summed E-state index contributed by atoms with van der Waals surface area (Å²) < 4.78 is 7.61. The second-order valence-corrected chi connectivity index (χ2v) is 10.7. The number of benzene rings is 2. The van der Waals surface area contributed by atoms with Crippen LogP contribution in [0.15, 0.2) is 72.2 Å². The summed E-state index contributed by atoms with van der Waals surface area (Å²) in [6, 6.07) is 18.0. The van der Waals surface area contributed by atoms with Gasteiger partial charge in [-0.15, -0.1) is 11.3 Å². The summed E-state index contributed by atoms with van der Waals surface area (Å²) in [5.41, 5.74) is 11.5. The molecule has 1 aliphatic heterocycles. The van der Waals surface area contributed by atoms with Gasteiger partial charge in [0.25, 0.3) is 5.91 Å². The van der Waals surface area contributed by atoms with Crippen molar-refractivity contribution in [2.75, 3.05) is 24.3 Å². The number of fused-ring (bicyclic) bond motifs is 1. The first-order valence-corrected chi connectivity index (χ1v) is 13.8. The zero-order chi connectivity index (χ0) is 27.9. The molecule has 0 spiro atoms. The van der Waals surface area contributed by atoms with Crippen molar-refractivity contribution >= 4 is 40.2 Å². The zero-order valence-electron chi connectivity index (χ0n) is 21.8. The molecule has 0 radical (unpaired) electrons. The molecule has 0 atom stereocenters. The second-order valence-electron chi connectivity index (χ2n) is 9.85. The van der Waals surface area contributed by atoms with E-state index in [4.69, 9.17) is 15.5 Å². The molecular weight excluding hydrogens is 526 g/mol. The number of carbonyl (C=O) groups is 2. The summed E-state index contributed by atoms with van der Waals surface area (Å²) in [6.07, 6.45) is 3.25. The molecule has 1 saturated heterocycles. The second kappa shape index (κ2) is 10.2. The number of thiazole rings is 1. The van der Waals surface area contributed by atoms with E-state index in [-0.39, 0.29) is 16.9 Å². The maximum absolute atomic E-state index is 12.9. The minimum Gasteiger partial charge on any atom is -0.478 e. The molecule has 0 aliphatic carbocycles. The number of imidazole rings is 1. The highest BCUT2D eigenvalue weighted by Crippen LogP contribution is 2.44. The first-order valence-electron chi connectivity index (χ1n) is 12.9. The number of nitrogens with zero attached hydrogens (tertiary/aromatic N) is 3. The molecule has 0 bridgehead atoms. The van der Waals surface area contributed by atoms with Gasteiger partial charge >= 0.3 is 5.97 Å². The number of pyridine rings is 1. The highest BCUT2D eigenvalue weighted by Gasteiger charge is 2.39. The van der Waals surface area contributed by atoms with E-state index in [1.165, 1.54) is 0 Å². The number of anilines is 2. The zero-order valence-corrected chi connectivity index (χ0v) is 22.6. The summed E-state index contributed by atoms with van der Waals surface area (Å²) >= 11 is 1.59. The van der Waals surface area contributed by atoms with Crippen molar-refractivity contribution in [1.29, 1.82) is 0 Å². The van der Waals surface area contributed by atoms with Crippen molar-refractivity contribution in [2.45, 2.75) is 25.2 Å². The van der Waals surface area contributed by atoms with Gasteiger partial charge in [0.1, 0.15) is 16.3 Å². The molecule has 0 saturated carbocycles. The number of aromatic nitrogens is 3. The summed E-state index contributed by atoms with van der Waals surface area (Å²) in [7, 11) is 0. The topological polar surface area (TPSA) is 132 Å². The summed E-state index contributed by atoms with van der Waals surface area (Å²) in [6.45, 7) is 3.12. The molecule has 6 rings (SSSR count). The standard InChI is InChI=1S/C30H27N5O4S/c1-18-26(35-13-10-20(28(37)38)16-25(35)32-18)24-17-40-29(34-24)30(11-14-39-15-12-30)21-8-6-19(7-9-21)27(36)33-23-5-3-2-4-22(23)31/h2-10,13,16-17H,11-12,14-15,31H2,1H3,(H,33,36)(H,37,38). The number of carboxylic acids is 1. The minimum atomic E-state index is -0.991. The smallest absolute Gasteiger partial charge is 0.335 e. The Morgan fingerprint density at radius 3 is 2.52 bits per heavy atom. The Morgan fingerprint density at radius 2 is 1.80 bits per heavy atom. The van der Waals surface area contributed by atoms with Gasteiger partial charge in [0.15, 0.2) is 0 Å². The Bertz CT molecular complexity index is 1730. The molecule has 4 N–H and O–H groups in total. The van der Waals surface area contributed by atoms with E-state index >= 15 is 0 Å². The lowest BCUT2D eigenvalue weighted by molar-refractivity contribution is 0.0630. The molecule has 0 unspecified atom stereocenters. The first-order chi connectivity index (χ1) is 19.4. The Hall–Kier alpha value is -4.54. The molecule has 1 amide bonds. The SMILES string of the molecule is Cc1nc2cc(C(=O)O)ccn2c1-c1csc(C2(c3ccc(C(=O)Nc4ccccc4N)cc3)CCOCC2)n1. The summed E-state index contributed by atoms with van der Waals surface area (Å²) in [5, 5.41) is 15.2. The number of aryl methyl sites for hydroxylation is 1. The van der Waals surface area contributed by atoms with Crippen molar-refractivity contribution < 1.29 is 19.4 Å². The monoisotopic (exact) mass is 553 g/mol. The van der Waals surface area contributed by atoms with Crippen LogP contribution in [0, 0.1) is 6.92 Å². The Morgan fingerprint density at radius 1 is 1.05 bits per heavy atom. The van der Waals surface area contributed by atoms with Crippen LogP contribution in [-0.2, 0) is 10.2 Å². The Kier molecular flexibility index (Phi) is 6.57. The van der Waals surface area contributed by atoms with Crippen LogP contribution in [-0.4, -0.2) is 44.6 Å². The number of nitrogens with two attached hydrogens (primary N) is 1. The van der Waals surface area contributed by atoms with Crippen molar-refractivity contribution in [3.63, 3.8) is 0 Å². The molecular formula is C30H27N5O4S. The van der Waals surface area contributed by atoms with Gasteiger partial charge < -0.3 is 20.9 Å². The van der Waals surface area contributed by atoms with E-state index < -0.39 is 5.97 Å². The van der Waals surface area contributed by atoms with Crippen molar-refractivity contribution in [3.8, 4) is 11.4 Å². The minimum absolute atomic E-state index is 0.188. The van der Waals surface area contributed by atoms with E-state index in [0.717, 1.165) is 40.5 Å². The van der Waals surface area contributed by atoms with Gasteiger partial charge in [-0.3, -0.25) is 9.20 Å². The molecule has 5 aromatic rings. The van der Waals surface area contributed by atoms with Crippen LogP contribution in [0.5, 0.6) is 0 Å². The largest absolute Gasteiger partial charge is 0.478 e. The van der Waals surface area contributed by atoms with Crippen LogP contribution in [0.3, 0.4) is 0 Å². The van der Waals surface area contributed by atoms with Crippen molar-refractivity contribution in [1.82, 2.24) is 14.4 Å². The number of hydrogen-bond donors (Lipinski definition) is 3. The molecule has 40 heavy (non-hydrogen) atoms. The van der Waals surface area contributed by atoms with Gasteiger partial charge in [-0.2, -0.15) is 0 Å². The number of nitrogens with one attached hydrogen (secondary N) is 1. The molecule has 1 fully saturated rings. The highest BCUT2D eigenvalue weighted by atomic mass is 32.1. The number of aromatic carboxylic acids is 1. The van der Waals surface area contributed by atoms with Crippen LogP contribution < -0.4 is 11.1 Å². The number of hydrogen-bond acceptors (Lipinski definition) is 7. The number of nitrogen functional groups attached to an aromatic ring is 1. The van der Waals surface area contributed by atoms with Gasteiger partial charge in [0, 0.05) is 30.4 Å². The fourth-order valence-corrected chi connectivity index (χ4v) is 6.38. The molecule has 9 nitrogen and oxygen atoms in total. The van der Waals surface area contributed by atoms with E-state index in [2.05, 4.69) is 10.3 Å². The van der Waals surface area contributed by atoms with Gasteiger partial charge in [0.2, 0.25) is 0 Å². The Labute approximate surface area is 234 Å². The van der Waals surface area contributed by atoms with Crippen LogP contribution in [0.1, 0.15) is 49.8 Å². The normalized spacial score (nSPS) is 14.7. The van der Waals surface area contributed by atoms with Gasteiger partial charge in [-0.1, -0.05) is 24.3 Å². The lowest BCUT2D eigenvalue weighted by Crippen LogP contribution is -2.35. The molecule has 3 aromatic heterocycles. The molecule has 10 heteroatoms. The predicted molar refractivity (Wildman–Crippen MR) is 154 cm³/mol. The lowest BCUT2D eigenvalue weighted by atomic mass is 9.74. The maximum atomic E-state index is 12.9. The number of para-hydroxylation sites is 2. The molecule has 1 aliphatic rings. The summed E-state index contributed by atoms with van der Waals surface area (Å²) in [5.74, 6) is -1.22. The van der Waals surface area contributed by atoms with Gasteiger partial charge in [0.05, 0.1) is 33.7 Å². The lowest BCUT2D eigenvalue weighted by Gasteiger charge is -2.36. The Balaban J connectivity index is 1.33. The number of rotatable bonds is 6. The third kappa shape index (κ3) is 4.51. The van der Waals surface area contributed by atoms with Crippen molar-refractivity contribution in [2.24, 2.45) is 0 Å². The molecule has 4 heterocycles.